The van der Waals surface area contributed by atoms with Crippen LogP contribution in [0.2, 0.25) is 5.02 Å². The van der Waals surface area contributed by atoms with Gasteiger partial charge in [0.15, 0.2) is 6.10 Å². The Kier molecular flexibility index (Phi) is 6.20. The number of methoxy groups -OCH3 is 1. The van der Waals surface area contributed by atoms with E-state index in [0.29, 0.717) is 22.1 Å². The minimum atomic E-state index is -1.09. The Morgan fingerprint density at radius 2 is 1.97 bits per heavy atom. The van der Waals surface area contributed by atoms with Gasteiger partial charge in [0.05, 0.1) is 19.6 Å². The van der Waals surface area contributed by atoms with Crippen LogP contribution < -0.4 is 9.47 Å². The highest BCUT2D eigenvalue weighted by molar-refractivity contribution is 6.30. The van der Waals surface area contributed by atoms with Crippen LogP contribution in [0.25, 0.3) is 6.08 Å². The first-order chi connectivity index (χ1) is 13.7. The fourth-order valence-corrected chi connectivity index (χ4v) is 3.43. The lowest BCUT2D eigenvalue weighted by Gasteiger charge is -2.31. The normalized spacial score (nSPS) is 16.9. The molecule has 1 aliphatic rings. The van der Waals surface area contributed by atoms with Gasteiger partial charge in [0.25, 0.3) is 0 Å². The molecule has 0 amide bonds. The van der Waals surface area contributed by atoms with Crippen molar-refractivity contribution in [1.29, 1.82) is 0 Å². The van der Waals surface area contributed by atoms with E-state index in [9.17, 15) is 9.90 Å². The predicted octanol–water partition coefficient (Wildman–Crippen LogP) is 4.96. The maximum absolute atomic E-state index is 12.3. The molecule has 0 unspecified atom stereocenters. The zero-order valence-electron chi connectivity index (χ0n) is 16.9. The highest BCUT2D eigenvalue weighted by Gasteiger charge is 2.33. The van der Waals surface area contributed by atoms with Crippen LogP contribution in [-0.2, 0) is 9.53 Å². The number of ether oxygens (including phenoxy) is 3. The van der Waals surface area contributed by atoms with Gasteiger partial charge >= 0.3 is 5.97 Å². The van der Waals surface area contributed by atoms with E-state index in [0.717, 1.165) is 11.1 Å². The fourth-order valence-electron chi connectivity index (χ4n) is 3.25. The van der Waals surface area contributed by atoms with Crippen LogP contribution >= 0.6 is 11.6 Å². The highest BCUT2D eigenvalue weighted by atomic mass is 35.5. The molecule has 5 nitrogen and oxygen atoms in total. The van der Waals surface area contributed by atoms with E-state index in [1.54, 1.807) is 46.1 Å². The zero-order chi connectivity index (χ0) is 21.2. The molecule has 29 heavy (non-hydrogen) atoms. The maximum atomic E-state index is 12.3. The predicted molar refractivity (Wildman–Crippen MR) is 112 cm³/mol. The van der Waals surface area contributed by atoms with Crippen molar-refractivity contribution in [2.45, 2.75) is 45.0 Å². The summed E-state index contributed by atoms with van der Waals surface area (Å²) in [6, 6.07) is 12.7. The molecule has 1 heterocycles. The summed E-state index contributed by atoms with van der Waals surface area (Å²) in [5.74, 6) is 0.783. The van der Waals surface area contributed by atoms with Crippen LogP contribution in [0.3, 0.4) is 0 Å². The van der Waals surface area contributed by atoms with Gasteiger partial charge in [0.2, 0.25) is 0 Å². The number of aliphatic hydroxyl groups is 1. The zero-order valence-corrected chi connectivity index (χ0v) is 17.7. The van der Waals surface area contributed by atoms with Gasteiger partial charge in [0.1, 0.15) is 17.1 Å². The highest BCUT2D eigenvalue weighted by Crippen LogP contribution is 2.42. The van der Waals surface area contributed by atoms with Crippen LogP contribution in [0.15, 0.2) is 48.0 Å². The third-order valence-electron chi connectivity index (χ3n) is 4.43. The molecule has 0 bridgehead atoms. The summed E-state index contributed by atoms with van der Waals surface area (Å²) in [4.78, 5) is 12.3. The van der Waals surface area contributed by atoms with E-state index in [1.165, 1.54) is 0 Å². The van der Waals surface area contributed by atoms with Crippen molar-refractivity contribution in [3.05, 3.63) is 64.2 Å². The average Bonchev–Trinajstić information content (AvgIpc) is 2.65. The SMILES string of the molecule is COc1ccccc1[C@@H]1Oc2ccc(Cl)cc2C=C1[C@H](O)CC(=O)OC(C)(C)C. The number of hydrogen-bond acceptors (Lipinski definition) is 5. The number of halogens is 1. The number of para-hydroxylation sites is 1. The van der Waals surface area contributed by atoms with E-state index in [1.807, 2.05) is 30.3 Å². The smallest absolute Gasteiger partial charge is 0.309 e. The molecule has 2 atom stereocenters. The van der Waals surface area contributed by atoms with Gasteiger partial charge in [0, 0.05) is 21.7 Å². The molecule has 6 heteroatoms. The number of carbonyl (C=O) groups excluding carboxylic acids is 1. The standard InChI is InChI=1S/C23H25ClO5/c1-23(2,3)29-21(26)13-18(25)17-12-14-11-15(24)9-10-19(14)28-22(17)16-7-5-6-8-20(16)27-4/h5-12,18,22,25H,13H2,1-4H3/t18-,22+/m1/s1. The molecule has 0 saturated heterocycles. The van der Waals surface area contributed by atoms with Crippen molar-refractivity contribution >= 4 is 23.6 Å². The number of fused-ring (bicyclic) bond motifs is 1. The lowest BCUT2D eigenvalue weighted by atomic mass is 9.90. The second-order valence-corrected chi connectivity index (χ2v) is 8.31. The van der Waals surface area contributed by atoms with Crippen molar-refractivity contribution in [3.8, 4) is 11.5 Å². The van der Waals surface area contributed by atoms with Crippen LogP contribution in [-0.4, -0.2) is 29.9 Å². The van der Waals surface area contributed by atoms with Gasteiger partial charge in [-0.15, -0.1) is 0 Å². The molecule has 0 fully saturated rings. The number of benzene rings is 2. The molecule has 154 valence electrons. The summed E-state index contributed by atoms with van der Waals surface area (Å²) in [6.07, 6.45) is -0.0747. The third kappa shape index (κ3) is 5.11. The van der Waals surface area contributed by atoms with Gasteiger partial charge in [-0.05, 0) is 51.1 Å². The third-order valence-corrected chi connectivity index (χ3v) is 4.66. The monoisotopic (exact) mass is 416 g/mol. The fraction of sp³-hybridized carbons (Fsp3) is 0.348. The first kappa shape index (κ1) is 21.2. The van der Waals surface area contributed by atoms with Gasteiger partial charge in [-0.1, -0.05) is 29.8 Å². The van der Waals surface area contributed by atoms with Crippen molar-refractivity contribution in [3.63, 3.8) is 0 Å². The molecule has 0 saturated carbocycles. The number of hydrogen-bond donors (Lipinski definition) is 1. The molecule has 2 aromatic rings. The number of aliphatic hydroxyl groups excluding tert-OH is 1. The van der Waals surface area contributed by atoms with E-state index < -0.39 is 23.8 Å². The van der Waals surface area contributed by atoms with Crippen molar-refractivity contribution in [2.24, 2.45) is 0 Å². The second-order valence-electron chi connectivity index (χ2n) is 7.87. The molecule has 1 N–H and O–H groups in total. The minimum absolute atomic E-state index is 0.186. The van der Waals surface area contributed by atoms with Crippen LogP contribution in [0.5, 0.6) is 11.5 Å². The average molecular weight is 417 g/mol. The number of rotatable bonds is 5. The molecule has 0 spiro atoms. The molecule has 0 aliphatic carbocycles. The lowest BCUT2D eigenvalue weighted by molar-refractivity contribution is -0.156. The van der Waals surface area contributed by atoms with Crippen molar-refractivity contribution < 1.29 is 24.1 Å². The molecular formula is C23H25ClO5. The summed E-state index contributed by atoms with van der Waals surface area (Å²) in [6.45, 7) is 5.36. The topological polar surface area (TPSA) is 65.0 Å². The Morgan fingerprint density at radius 3 is 2.66 bits per heavy atom. The van der Waals surface area contributed by atoms with E-state index >= 15 is 0 Å². The quantitative estimate of drug-likeness (QED) is 0.698. The van der Waals surface area contributed by atoms with Crippen LogP contribution in [0.1, 0.15) is 44.4 Å². The van der Waals surface area contributed by atoms with E-state index in [2.05, 4.69) is 0 Å². The summed E-state index contributed by atoms with van der Waals surface area (Å²) >= 11 is 6.12. The van der Waals surface area contributed by atoms with Crippen LogP contribution in [0, 0.1) is 0 Å². The Bertz CT molecular complexity index is 929. The van der Waals surface area contributed by atoms with E-state index in [4.69, 9.17) is 25.8 Å². The van der Waals surface area contributed by atoms with Crippen molar-refractivity contribution in [2.75, 3.05) is 7.11 Å². The molecule has 3 rings (SSSR count). The van der Waals surface area contributed by atoms with Gasteiger partial charge in [-0.3, -0.25) is 4.79 Å². The Hall–Kier alpha value is -2.50. The lowest BCUT2D eigenvalue weighted by Crippen LogP contribution is -2.30. The van der Waals surface area contributed by atoms with E-state index in [-0.39, 0.29) is 6.42 Å². The Labute approximate surface area is 175 Å². The molecule has 0 aromatic heterocycles. The number of carbonyl (C=O) groups is 1. The Balaban J connectivity index is 1.99. The van der Waals surface area contributed by atoms with Crippen molar-refractivity contribution in [1.82, 2.24) is 0 Å². The summed E-state index contributed by atoms with van der Waals surface area (Å²) in [5, 5.41) is 11.5. The largest absolute Gasteiger partial charge is 0.496 e. The number of esters is 1. The first-order valence-electron chi connectivity index (χ1n) is 9.38. The Morgan fingerprint density at radius 1 is 1.24 bits per heavy atom. The molecular weight excluding hydrogens is 392 g/mol. The summed E-state index contributed by atoms with van der Waals surface area (Å²) in [5.41, 5.74) is 1.40. The molecule has 0 radical (unpaired) electrons. The first-order valence-corrected chi connectivity index (χ1v) is 9.76. The maximum Gasteiger partial charge on any atom is 0.309 e. The minimum Gasteiger partial charge on any atom is -0.496 e. The second kappa shape index (κ2) is 8.47. The molecule has 1 aliphatic heterocycles. The van der Waals surface area contributed by atoms with Gasteiger partial charge in [-0.2, -0.15) is 0 Å². The molecule has 2 aromatic carbocycles. The van der Waals surface area contributed by atoms with Crippen LogP contribution in [0.4, 0.5) is 0 Å². The van der Waals surface area contributed by atoms with Gasteiger partial charge < -0.3 is 19.3 Å². The summed E-state index contributed by atoms with van der Waals surface area (Å²) < 4.78 is 17.1. The van der Waals surface area contributed by atoms with Gasteiger partial charge in [-0.25, -0.2) is 0 Å². The summed E-state index contributed by atoms with van der Waals surface area (Å²) in [7, 11) is 1.58.